The number of rotatable bonds is 3. The van der Waals surface area contributed by atoms with Gasteiger partial charge in [0.15, 0.2) is 0 Å². The Morgan fingerprint density at radius 1 is 1.04 bits per heavy atom. The van der Waals surface area contributed by atoms with Crippen molar-refractivity contribution in [3.05, 3.63) is 86.6 Å². The van der Waals surface area contributed by atoms with Crippen molar-refractivity contribution in [1.29, 1.82) is 0 Å². The van der Waals surface area contributed by atoms with Gasteiger partial charge in [-0.05, 0) is 43.2 Å². The second-order valence-electron chi connectivity index (χ2n) is 6.69. The van der Waals surface area contributed by atoms with E-state index in [1.54, 1.807) is 13.8 Å². The van der Waals surface area contributed by atoms with Crippen LogP contribution in [0.25, 0.3) is 11.1 Å². The molecule has 28 heavy (non-hydrogen) atoms. The van der Waals surface area contributed by atoms with E-state index in [1.165, 1.54) is 0 Å². The summed E-state index contributed by atoms with van der Waals surface area (Å²) in [5, 5.41) is 12.5. The van der Waals surface area contributed by atoms with Gasteiger partial charge in [-0.1, -0.05) is 46.3 Å². The predicted molar refractivity (Wildman–Crippen MR) is 112 cm³/mol. The Bertz CT molecular complexity index is 1160. The summed E-state index contributed by atoms with van der Waals surface area (Å²) in [7, 11) is 0. The van der Waals surface area contributed by atoms with Crippen molar-refractivity contribution in [2.75, 3.05) is 5.32 Å². The number of hydrogen-bond donors (Lipinski definition) is 3. The average Bonchev–Trinajstić information content (AvgIpc) is 3.13. The molecule has 1 amide bonds. The van der Waals surface area contributed by atoms with Gasteiger partial charge in [0.1, 0.15) is 0 Å². The van der Waals surface area contributed by atoms with Gasteiger partial charge in [-0.25, -0.2) is 4.79 Å². The van der Waals surface area contributed by atoms with Crippen LogP contribution in [0.3, 0.4) is 0 Å². The molecule has 3 N–H and O–H groups in total. The van der Waals surface area contributed by atoms with Gasteiger partial charge in [-0.15, -0.1) is 0 Å². The molecule has 0 bridgehead atoms. The topological polar surface area (TPSA) is 82.2 Å². The zero-order chi connectivity index (χ0) is 20.0. The highest BCUT2D eigenvalue weighted by molar-refractivity contribution is 9.10. The van der Waals surface area contributed by atoms with Gasteiger partial charge >= 0.3 is 5.97 Å². The minimum atomic E-state index is -0.992. The van der Waals surface area contributed by atoms with Crippen molar-refractivity contribution in [2.24, 2.45) is 0 Å². The molecule has 0 fully saturated rings. The second-order valence-corrected chi connectivity index (χ2v) is 7.60. The van der Waals surface area contributed by atoms with E-state index in [0.717, 1.165) is 21.3 Å². The number of anilines is 1. The number of benzene rings is 2. The highest BCUT2D eigenvalue weighted by atomic mass is 79.9. The molecule has 140 valence electrons. The third-order valence-corrected chi connectivity index (χ3v) is 5.48. The number of hydrogen-bond acceptors (Lipinski definition) is 2. The summed E-state index contributed by atoms with van der Waals surface area (Å²) < 4.78 is 0.919. The third kappa shape index (κ3) is 2.86. The number of carboxylic acid groups (broad SMARTS) is 1. The van der Waals surface area contributed by atoms with Crippen molar-refractivity contribution in [2.45, 2.75) is 13.8 Å². The lowest BCUT2D eigenvalue weighted by Gasteiger charge is -2.12. The number of aromatic amines is 1. The number of carbonyl (C=O) groups is 2. The van der Waals surface area contributed by atoms with Crippen LogP contribution in [0.2, 0.25) is 0 Å². The average molecular weight is 437 g/mol. The minimum absolute atomic E-state index is 0.206. The van der Waals surface area contributed by atoms with Crippen LogP contribution in [0, 0.1) is 13.8 Å². The number of aromatic nitrogens is 1. The first-order valence-corrected chi connectivity index (χ1v) is 9.51. The lowest BCUT2D eigenvalue weighted by atomic mass is 9.91. The molecule has 0 aliphatic carbocycles. The number of carboxylic acids is 1. The monoisotopic (exact) mass is 436 g/mol. The molecule has 0 spiro atoms. The SMILES string of the molecule is Cc1[nH]c(C(=C2C(=O)Nc3ccccc32)c2ccc(Br)cc2)c(C)c1C(=O)O. The number of para-hydroxylation sites is 1. The Hall–Kier alpha value is -3.12. The molecule has 0 radical (unpaired) electrons. The van der Waals surface area contributed by atoms with Crippen molar-refractivity contribution < 1.29 is 14.7 Å². The second kappa shape index (κ2) is 6.80. The smallest absolute Gasteiger partial charge is 0.337 e. The lowest BCUT2D eigenvalue weighted by molar-refractivity contribution is -0.110. The fraction of sp³-hybridized carbons (Fsp3) is 0.0909. The van der Waals surface area contributed by atoms with Crippen LogP contribution < -0.4 is 5.32 Å². The molecule has 1 aliphatic heterocycles. The number of H-pyrrole nitrogens is 1. The maximum atomic E-state index is 12.9. The molecule has 0 saturated carbocycles. The van der Waals surface area contributed by atoms with Crippen molar-refractivity contribution in [1.82, 2.24) is 4.98 Å². The van der Waals surface area contributed by atoms with E-state index in [1.807, 2.05) is 48.5 Å². The molecule has 0 unspecified atom stereocenters. The first kappa shape index (κ1) is 18.3. The van der Waals surface area contributed by atoms with Gasteiger partial charge < -0.3 is 15.4 Å². The normalized spacial score (nSPS) is 14.6. The fourth-order valence-corrected chi connectivity index (χ4v) is 3.98. The number of nitrogens with one attached hydrogen (secondary N) is 2. The van der Waals surface area contributed by atoms with Gasteiger partial charge in [0.25, 0.3) is 5.91 Å². The van der Waals surface area contributed by atoms with Crippen molar-refractivity contribution in [3.8, 4) is 0 Å². The number of halogens is 1. The molecule has 1 aromatic heterocycles. The predicted octanol–water partition coefficient (Wildman–Crippen LogP) is 5.00. The Morgan fingerprint density at radius 2 is 1.71 bits per heavy atom. The molecular formula is C22H17BrN2O3. The molecular weight excluding hydrogens is 420 g/mol. The van der Waals surface area contributed by atoms with Gasteiger partial charge in [0, 0.05) is 27.0 Å². The van der Waals surface area contributed by atoms with Crippen LogP contribution in [0.4, 0.5) is 5.69 Å². The first-order valence-electron chi connectivity index (χ1n) is 8.72. The molecule has 0 saturated heterocycles. The van der Waals surface area contributed by atoms with E-state index in [4.69, 9.17) is 0 Å². The van der Waals surface area contributed by atoms with Crippen LogP contribution in [-0.4, -0.2) is 22.0 Å². The molecule has 0 atom stereocenters. The van der Waals surface area contributed by atoms with Crippen LogP contribution >= 0.6 is 15.9 Å². The summed E-state index contributed by atoms with van der Waals surface area (Å²) in [6, 6.07) is 15.1. The van der Waals surface area contributed by atoms with Crippen LogP contribution in [0.1, 0.15) is 38.4 Å². The first-order chi connectivity index (χ1) is 13.4. The Morgan fingerprint density at radius 3 is 2.36 bits per heavy atom. The van der Waals surface area contributed by atoms with Crippen LogP contribution in [0.15, 0.2) is 53.0 Å². The van der Waals surface area contributed by atoms with E-state index in [0.29, 0.717) is 28.1 Å². The number of fused-ring (bicyclic) bond motifs is 1. The Kier molecular flexibility index (Phi) is 4.43. The third-order valence-electron chi connectivity index (χ3n) is 4.96. The number of carbonyl (C=O) groups excluding carboxylic acids is 1. The maximum absolute atomic E-state index is 12.9. The molecule has 6 heteroatoms. The zero-order valence-electron chi connectivity index (χ0n) is 15.3. The molecule has 1 aliphatic rings. The summed E-state index contributed by atoms with van der Waals surface area (Å²) in [4.78, 5) is 27.8. The quantitative estimate of drug-likeness (QED) is 0.505. The van der Waals surface area contributed by atoms with Gasteiger partial charge in [0.05, 0.1) is 16.8 Å². The summed E-state index contributed by atoms with van der Waals surface area (Å²) in [6.45, 7) is 3.49. The molecule has 3 aromatic rings. The highest BCUT2D eigenvalue weighted by Crippen LogP contribution is 2.41. The Labute approximate surface area is 170 Å². The highest BCUT2D eigenvalue weighted by Gasteiger charge is 2.31. The molecule has 4 rings (SSSR count). The summed E-state index contributed by atoms with van der Waals surface area (Å²) in [5.41, 5.74) is 5.62. The van der Waals surface area contributed by atoms with E-state index in [2.05, 4.69) is 26.2 Å². The summed E-state index contributed by atoms with van der Waals surface area (Å²) in [5.74, 6) is -1.20. The molecule has 2 heterocycles. The number of amides is 1. The summed E-state index contributed by atoms with van der Waals surface area (Å²) >= 11 is 3.44. The van der Waals surface area contributed by atoms with Crippen molar-refractivity contribution in [3.63, 3.8) is 0 Å². The zero-order valence-corrected chi connectivity index (χ0v) is 16.8. The summed E-state index contributed by atoms with van der Waals surface area (Å²) in [6.07, 6.45) is 0. The van der Waals surface area contributed by atoms with Crippen LogP contribution in [-0.2, 0) is 4.79 Å². The molecule has 2 aromatic carbocycles. The van der Waals surface area contributed by atoms with E-state index in [9.17, 15) is 14.7 Å². The van der Waals surface area contributed by atoms with E-state index < -0.39 is 5.97 Å². The van der Waals surface area contributed by atoms with Gasteiger partial charge in [-0.2, -0.15) is 0 Å². The maximum Gasteiger partial charge on any atom is 0.337 e. The minimum Gasteiger partial charge on any atom is -0.478 e. The van der Waals surface area contributed by atoms with E-state index >= 15 is 0 Å². The van der Waals surface area contributed by atoms with Gasteiger partial charge in [0.2, 0.25) is 0 Å². The van der Waals surface area contributed by atoms with Crippen molar-refractivity contribution >= 4 is 44.6 Å². The number of aryl methyl sites for hydroxylation is 1. The lowest BCUT2D eigenvalue weighted by Crippen LogP contribution is -2.07. The van der Waals surface area contributed by atoms with E-state index in [-0.39, 0.29) is 11.5 Å². The largest absolute Gasteiger partial charge is 0.478 e. The molecule has 5 nitrogen and oxygen atoms in total. The fourth-order valence-electron chi connectivity index (χ4n) is 3.72. The standard InChI is InChI=1S/C22H17BrN2O3/c1-11-17(22(27)28)12(2)24-20(11)18(13-7-9-14(23)10-8-13)19-15-5-3-4-6-16(15)25-21(19)26/h3-10,24H,1-2H3,(H,25,26)(H,27,28). The Balaban J connectivity index is 2.08. The number of aromatic carboxylic acids is 1. The van der Waals surface area contributed by atoms with Crippen LogP contribution in [0.5, 0.6) is 0 Å². The van der Waals surface area contributed by atoms with Gasteiger partial charge in [-0.3, -0.25) is 4.79 Å².